The van der Waals surface area contributed by atoms with E-state index in [4.69, 9.17) is 10.00 Å². The molecule has 0 amide bonds. The molecule has 1 heterocycles. The van der Waals surface area contributed by atoms with Gasteiger partial charge in [-0.3, -0.25) is 4.90 Å². The molecule has 1 unspecified atom stereocenters. The quantitative estimate of drug-likeness (QED) is 0.798. The molecule has 2 rings (SSSR count). The molecular formula is C14H18N2O. The van der Waals surface area contributed by atoms with Crippen molar-refractivity contribution in [3.05, 3.63) is 35.4 Å². The van der Waals surface area contributed by atoms with Crippen LogP contribution < -0.4 is 0 Å². The monoisotopic (exact) mass is 230 g/mol. The zero-order chi connectivity index (χ0) is 12.1. The number of benzene rings is 1. The van der Waals surface area contributed by atoms with Gasteiger partial charge in [-0.25, -0.2) is 0 Å². The lowest BCUT2D eigenvalue weighted by atomic mass is 10.0. The maximum Gasteiger partial charge on any atom is 0.0700 e. The van der Waals surface area contributed by atoms with Crippen LogP contribution in [0.3, 0.4) is 0 Å². The van der Waals surface area contributed by atoms with Crippen molar-refractivity contribution in [3.63, 3.8) is 0 Å². The highest BCUT2D eigenvalue weighted by Crippen LogP contribution is 2.16. The first kappa shape index (κ1) is 12.1. The molecule has 0 saturated carbocycles. The Bertz CT molecular complexity index is 388. The second kappa shape index (κ2) is 5.81. The van der Waals surface area contributed by atoms with Crippen molar-refractivity contribution in [2.45, 2.75) is 19.4 Å². The summed E-state index contributed by atoms with van der Waals surface area (Å²) < 4.78 is 5.32. The highest BCUT2D eigenvalue weighted by atomic mass is 16.5. The van der Waals surface area contributed by atoms with Gasteiger partial charge in [0, 0.05) is 19.6 Å². The minimum absolute atomic E-state index is 0.0209. The predicted octanol–water partition coefficient (Wildman–Crippen LogP) is 2.15. The lowest BCUT2D eigenvalue weighted by Crippen LogP contribution is -2.35. The van der Waals surface area contributed by atoms with E-state index in [9.17, 15) is 0 Å². The molecule has 1 atom stereocenters. The van der Waals surface area contributed by atoms with Gasteiger partial charge in [0.1, 0.15) is 0 Å². The van der Waals surface area contributed by atoms with Gasteiger partial charge in [-0.15, -0.1) is 0 Å². The van der Waals surface area contributed by atoms with Crippen LogP contribution in [0.25, 0.3) is 0 Å². The van der Waals surface area contributed by atoms with Crippen LogP contribution >= 0.6 is 0 Å². The molecule has 1 saturated heterocycles. The van der Waals surface area contributed by atoms with E-state index in [2.05, 4.69) is 35.2 Å². The summed E-state index contributed by atoms with van der Waals surface area (Å²) in [5, 5.41) is 8.85. The van der Waals surface area contributed by atoms with Crippen molar-refractivity contribution in [2.75, 3.05) is 26.3 Å². The van der Waals surface area contributed by atoms with Gasteiger partial charge >= 0.3 is 0 Å². The van der Waals surface area contributed by atoms with E-state index in [1.54, 1.807) is 0 Å². The van der Waals surface area contributed by atoms with Gasteiger partial charge in [0.05, 0.1) is 25.2 Å². The number of hydrogen-bond acceptors (Lipinski definition) is 3. The second-order valence-corrected chi connectivity index (χ2v) is 4.48. The number of nitrogens with zero attached hydrogens (tertiary/aromatic N) is 2. The van der Waals surface area contributed by atoms with E-state index in [-0.39, 0.29) is 5.92 Å². The molecule has 0 spiro atoms. The van der Waals surface area contributed by atoms with Crippen LogP contribution in [0.2, 0.25) is 0 Å². The molecular weight excluding hydrogens is 212 g/mol. The van der Waals surface area contributed by atoms with Gasteiger partial charge in [0.2, 0.25) is 0 Å². The van der Waals surface area contributed by atoms with Crippen LogP contribution in [0.4, 0.5) is 0 Å². The van der Waals surface area contributed by atoms with E-state index in [1.807, 2.05) is 6.92 Å². The second-order valence-electron chi connectivity index (χ2n) is 4.48. The van der Waals surface area contributed by atoms with Crippen molar-refractivity contribution in [3.8, 4) is 6.07 Å². The summed E-state index contributed by atoms with van der Waals surface area (Å²) in [6.45, 7) is 6.60. The minimum atomic E-state index is -0.0209. The van der Waals surface area contributed by atoms with Crippen LogP contribution in [0, 0.1) is 11.3 Å². The Morgan fingerprint density at radius 1 is 1.29 bits per heavy atom. The first-order valence-corrected chi connectivity index (χ1v) is 6.08. The average molecular weight is 230 g/mol. The van der Waals surface area contributed by atoms with E-state index in [0.29, 0.717) is 0 Å². The fourth-order valence-electron chi connectivity index (χ4n) is 2.00. The predicted molar refractivity (Wildman–Crippen MR) is 66.6 cm³/mol. The Kier molecular flexibility index (Phi) is 4.13. The van der Waals surface area contributed by atoms with E-state index < -0.39 is 0 Å². The van der Waals surface area contributed by atoms with E-state index in [0.717, 1.165) is 38.4 Å². The first-order valence-electron chi connectivity index (χ1n) is 6.08. The molecule has 1 aliphatic rings. The maximum absolute atomic E-state index is 8.85. The van der Waals surface area contributed by atoms with Crippen molar-refractivity contribution < 1.29 is 4.74 Å². The summed E-state index contributed by atoms with van der Waals surface area (Å²) in [6, 6.07) is 10.6. The third kappa shape index (κ3) is 3.29. The van der Waals surface area contributed by atoms with Gasteiger partial charge in [0.15, 0.2) is 0 Å². The van der Waals surface area contributed by atoms with Gasteiger partial charge in [-0.1, -0.05) is 24.3 Å². The molecule has 1 fully saturated rings. The lowest BCUT2D eigenvalue weighted by Gasteiger charge is -2.26. The van der Waals surface area contributed by atoms with Gasteiger partial charge in [-0.05, 0) is 18.1 Å². The smallest absolute Gasteiger partial charge is 0.0700 e. The van der Waals surface area contributed by atoms with E-state index in [1.165, 1.54) is 5.56 Å². The van der Waals surface area contributed by atoms with Crippen molar-refractivity contribution in [1.29, 1.82) is 5.26 Å². The zero-order valence-electron chi connectivity index (χ0n) is 10.2. The topological polar surface area (TPSA) is 36.3 Å². The van der Waals surface area contributed by atoms with Crippen LogP contribution in [0.15, 0.2) is 24.3 Å². The Labute approximate surface area is 103 Å². The summed E-state index contributed by atoms with van der Waals surface area (Å²) in [6.07, 6.45) is 0. The summed E-state index contributed by atoms with van der Waals surface area (Å²) >= 11 is 0. The molecule has 17 heavy (non-hydrogen) atoms. The summed E-state index contributed by atoms with van der Waals surface area (Å²) in [7, 11) is 0. The van der Waals surface area contributed by atoms with Gasteiger partial charge in [0.25, 0.3) is 0 Å². The molecule has 0 N–H and O–H groups in total. The normalized spacial score (nSPS) is 18.6. The fraction of sp³-hybridized carbons (Fsp3) is 0.500. The molecule has 0 radical (unpaired) electrons. The number of rotatable bonds is 3. The summed E-state index contributed by atoms with van der Waals surface area (Å²) in [4.78, 5) is 2.40. The van der Waals surface area contributed by atoms with Crippen LogP contribution in [0.5, 0.6) is 0 Å². The molecule has 1 aromatic carbocycles. The van der Waals surface area contributed by atoms with Gasteiger partial charge < -0.3 is 4.74 Å². The Morgan fingerprint density at radius 3 is 2.53 bits per heavy atom. The third-order valence-corrected chi connectivity index (χ3v) is 3.18. The number of morpholine rings is 1. The number of nitriles is 1. The number of hydrogen-bond donors (Lipinski definition) is 0. The molecule has 90 valence electrons. The zero-order valence-corrected chi connectivity index (χ0v) is 10.2. The fourth-order valence-corrected chi connectivity index (χ4v) is 2.00. The van der Waals surface area contributed by atoms with Crippen LogP contribution in [0.1, 0.15) is 24.0 Å². The minimum Gasteiger partial charge on any atom is -0.379 e. The van der Waals surface area contributed by atoms with Gasteiger partial charge in [-0.2, -0.15) is 5.26 Å². The van der Waals surface area contributed by atoms with E-state index >= 15 is 0 Å². The molecule has 0 aliphatic carbocycles. The highest BCUT2D eigenvalue weighted by Gasteiger charge is 2.10. The standard InChI is InChI=1S/C14H18N2O/c1-12(10-15)14-4-2-13(3-5-14)11-16-6-8-17-9-7-16/h2-5,12H,6-9,11H2,1H3. The van der Waals surface area contributed by atoms with Crippen molar-refractivity contribution >= 4 is 0 Å². The number of ether oxygens (including phenoxy) is 1. The Morgan fingerprint density at radius 2 is 1.94 bits per heavy atom. The van der Waals surface area contributed by atoms with Crippen molar-refractivity contribution in [2.24, 2.45) is 0 Å². The molecule has 1 aromatic rings. The Hall–Kier alpha value is -1.37. The molecule has 0 aromatic heterocycles. The van der Waals surface area contributed by atoms with Crippen LogP contribution in [-0.4, -0.2) is 31.2 Å². The lowest BCUT2D eigenvalue weighted by molar-refractivity contribution is 0.0342. The molecule has 0 bridgehead atoms. The first-order chi connectivity index (χ1) is 8.29. The summed E-state index contributed by atoms with van der Waals surface area (Å²) in [5.41, 5.74) is 2.40. The maximum atomic E-state index is 8.85. The molecule has 1 aliphatic heterocycles. The summed E-state index contributed by atoms with van der Waals surface area (Å²) in [5.74, 6) is -0.0209. The third-order valence-electron chi connectivity index (χ3n) is 3.18. The van der Waals surface area contributed by atoms with Crippen LogP contribution in [-0.2, 0) is 11.3 Å². The average Bonchev–Trinajstić information content (AvgIpc) is 2.40. The largest absolute Gasteiger partial charge is 0.379 e. The Balaban J connectivity index is 1.96. The molecule has 3 nitrogen and oxygen atoms in total. The highest BCUT2D eigenvalue weighted by molar-refractivity contribution is 5.28. The molecule has 3 heteroatoms. The SMILES string of the molecule is CC(C#N)c1ccc(CN2CCOCC2)cc1. The van der Waals surface area contributed by atoms with Crippen molar-refractivity contribution in [1.82, 2.24) is 4.90 Å².